The minimum absolute atomic E-state index is 0.0746. The highest BCUT2D eigenvalue weighted by Crippen LogP contribution is 2.45. The molecule has 22 rings (SSSR count). The van der Waals surface area contributed by atoms with Crippen LogP contribution in [0.4, 0.5) is 0 Å². The van der Waals surface area contributed by atoms with Gasteiger partial charge in [-0.3, -0.25) is 0 Å². The molecule has 2 aliphatic carbocycles. The molecule has 0 N–H and O–H groups in total. The van der Waals surface area contributed by atoms with Crippen LogP contribution in [-0.4, -0.2) is 24.9 Å². The Morgan fingerprint density at radius 2 is 0.591 bits per heavy atom. The number of hydrogen-bond donors (Lipinski definition) is 0. The molecule has 15 nitrogen and oxygen atoms in total. The molecule has 0 bridgehead atoms. The Kier molecular flexibility index (Phi) is 22.5. The number of furan rings is 5. The highest BCUT2D eigenvalue weighted by Gasteiger charge is 2.30. The zero-order chi connectivity index (χ0) is 100. The molecule has 2 saturated carbocycles. The fourth-order valence-electron chi connectivity index (χ4n) is 18.6. The number of hydrogen-bond acceptors (Lipinski definition) is 10. The first-order chi connectivity index (χ1) is 67.2. The molecule has 0 aliphatic heterocycles. The van der Waals surface area contributed by atoms with Crippen molar-refractivity contribution in [3.05, 3.63) is 297 Å². The predicted molar refractivity (Wildman–Crippen MR) is 536 cm³/mol. The van der Waals surface area contributed by atoms with Crippen LogP contribution in [0.25, 0.3) is 167 Å². The third-order valence-corrected chi connectivity index (χ3v) is 26.5. The summed E-state index contributed by atoms with van der Waals surface area (Å²) < 4.78 is 119. The minimum Gasteiger partial charge on any atom is -0.437 e. The normalized spacial score (nSPS) is 16.6. The average molecular weight is 1760 g/mol. The average Bonchev–Trinajstić information content (AvgIpc) is 1.69. The number of aryl methyl sites for hydroxylation is 17. The minimum atomic E-state index is -2.12. The lowest BCUT2D eigenvalue weighted by Crippen LogP contribution is -2.30. The molecule has 132 heavy (non-hydrogen) atoms. The fraction of sp³-hybridized carbons (Fsp3) is 0.316. The SMILES string of the molecule is CCc1cc[n+](C)c(-c2c(C)ccc3c2oc2nc(C)ccc23)c1.CCc1cc[n+](C)c(-c2c(C)ccc3c2oc2nc(CC)ccc23)c1.[2H]C(C)(C)c1ccc2c(n1)oc1c(-c3cc(CC)cc[n+]3C)c(C)ccc12.[2H]C1([2H])CCCC([2H])([2H])C1([2H])c1ccc2c(n1)oc1c(-c3cc(CC)cc[n+]3C)c(C)ccc12.[2H]C1([2H])CCCC1([2H])c1ccc2c(n1)oc1c(-c3cc(CC)cc[n+]3C)c(C)ccc12. The maximum absolute atomic E-state index is 9.00. The van der Waals surface area contributed by atoms with Crippen molar-refractivity contribution in [2.75, 3.05) is 0 Å². The van der Waals surface area contributed by atoms with Gasteiger partial charge in [-0.1, -0.05) is 148 Å². The first kappa shape index (κ1) is 78.4. The second-order valence-electron chi connectivity index (χ2n) is 35.7. The Bertz CT molecular complexity index is 8310. The summed E-state index contributed by atoms with van der Waals surface area (Å²) in [6.45, 7) is 29.1. The predicted octanol–water partition coefficient (Wildman–Crippen LogP) is 27.4. The van der Waals surface area contributed by atoms with Gasteiger partial charge < -0.3 is 22.1 Å². The van der Waals surface area contributed by atoms with Gasteiger partial charge in [-0.25, -0.2) is 47.8 Å². The molecule has 0 amide bonds. The van der Waals surface area contributed by atoms with Gasteiger partial charge in [0.1, 0.15) is 35.2 Å². The monoisotopic (exact) mass is 1760 g/mol. The van der Waals surface area contributed by atoms with Crippen molar-refractivity contribution in [1.29, 1.82) is 0 Å². The molecule has 20 aromatic rings. The van der Waals surface area contributed by atoms with Gasteiger partial charge in [0.25, 0.3) is 0 Å². The molecule has 0 radical (unpaired) electrons. The lowest BCUT2D eigenvalue weighted by atomic mass is 9.86. The van der Waals surface area contributed by atoms with Crippen LogP contribution < -0.4 is 22.8 Å². The summed E-state index contributed by atoms with van der Waals surface area (Å²) in [5.41, 5.74) is 33.6. The van der Waals surface area contributed by atoms with E-state index >= 15 is 0 Å². The van der Waals surface area contributed by atoms with Crippen LogP contribution >= 0.6 is 0 Å². The molecule has 2 fully saturated rings. The molecule has 0 saturated heterocycles. The first-order valence-corrected chi connectivity index (χ1v) is 46.8. The van der Waals surface area contributed by atoms with Gasteiger partial charge in [-0.05, 0) is 228 Å². The van der Waals surface area contributed by atoms with Gasteiger partial charge in [0, 0.05) is 167 Å². The van der Waals surface area contributed by atoms with Crippen LogP contribution in [0.5, 0.6) is 0 Å². The van der Waals surface area contributed by atoms with E-state index in [9.17, 15) is 0 Å². The van der Waals surface area contributed by atoms with Gasteiger partial charge >= 0.3 is 0 Å². The Morgan fingerprint density at radius 3 is 0.909 bits per heavy atom. The van der Waals surface area contributed by atoms with Gasteiger partial charge in [0.15, 0.2) is 58.9 Å². The molecule has 15 aromatic heterocycles. The summed E-state index contributed by atoms with van der Waals surface area (Å²) in [6, 6.07) is 62.5. The lowest BCUT2D eigenvalue weighted by molar-refractivity contribution is -0.660. The molecule has 0 spiro atoms. The van der Waals surface area contributed by atoms with E-state index in [0.29, 0.717) is 65.5 Å². The van der Waals surface area contributed by atoms with Crippen molar-refractivity contribution in [2.45, 2.75) is 211 Å². The molecule has 2 aliphatic rings. The van der Waals surface area contributed by atoms with E-state index in [1.54, 1.807) is 12.1 Å². The van der Waals surface area contributed by atoms with E-state index in [4.69, 9.17) is 34.4 Å². The van der Waals surface area contributed by atoms with Crippen LogP contribution in [0, 0.1) is 41.5 Å². The van der Waals surface area contributed by atoms with Gasteiger partial charge in [-0.2, -0.15) is 0 Å². The van der Waals surface area contributed by atoms with Gasteiger partial charge in [0.2, 0.25) is 57.0 Å². The summed E-state index contributed by atoms with van der Waals surface area (Å²) in [5, 5.41) is 10.0. The molecule has 668 valence electrons. The van der Waals surface area contributed by atoms with Crippen molar-refractivity contribution in [1.82, 2.24) is 24.9 Å². The largest absolute Gasteiger partial charge is 0.437 e. The number of pyridine rings is 10. The van der Waals surface area contributed by atoms with Crippen molar-refractivity contribution >= 4 is 110 Å². The Hall–Kier alpha value is -13.4. The second kappa shape index (κ2) is 37.8. The van der Waals surface area contributed by atoms with Crippen LogP contribution in [0.2, 0.25) is 0 Å². The van der Waals surface area contributed by atoms with E-state index in [0.717, 1.165) is 188 Å². The van der Waals surface area contributed by atoms with Crippen molar-refractivity contribution < 1.29 is 57.3 Å². The van der Waals surface area contributed by atoms with Crippen molar-refractivity contribution in [2.24, 2.45) is 35.2 Å². The van der Waals surface area contributed by atoms with Gasteiger partial charge in [-0.15, -0.1) is 0 Å². The van der Waals surface area contributed by atoms with Crippen LogP contribution in [-0.2, 0) is 73.8 Å². The number of benzene rings is 5. The maximum Gasteiger partial charge on any atom is 0.227 e. The molecule has 5 aromatic carbocycles. The third kappa shape index (κ3) is 17.2. The molecule has 15 heterocycles. The number of fused-ring (bicyclic) bond motifs is 15. The van der Waals surface area contributed by atoms with E-state index in [-0.39, 0.29) is 18.5 Å². The standard InChI is InChI=1S/C26H29N2O.C25H27N2O.C23H25N2O.C22H23N2O.C21H21N2O/c1-4-18-14-15-28(3)23(16-18)24-17(2)10-11-20-21-12-13-22(19-8-6-5-7-9-19)27-26(21)29-25(20)24;1-4-17-13-14-27(3)22(15-17)23-16(2)9-10-19-20-11-12-21(18-7-5-6-8-18)26-25(20)28-24(19)23;1-6-16-11-12-25(5)20(13-16)21-15(4)7-8-17-18-9-10-19(14(2)3)24-23(18)26-22(17)21;1-5-15-11-12-24(4)19(13-15)20-14(3)7-9-17-18-10-8-16(6-2)23-22(18)25-21(17)20;1-5-15-10-11-23(4)18(12-15)19-13(2)6-8-16-17-9-7-14(3)22-21(17)24-20(16)19/h10-16,19H,4-9H2,1-3H3;9-15,18H,4-8H2,1-3H3;7-14H,6H2,1-5H3;7-13H,5-6H2,1-4H3;6-12H,5H2,1-4H3/q5*+1/i8D2,9D2,19D;7D2,18D;14D;;. The lowest BCUT2D eigenvalue weighted by Gasteiger charge is -2.20. The fourth-order valence-corrected chi connectivity index (χ4v) is 18.6. The molecular formula is C117H125N10O5+5. The Balaban J connectivity index is 0.000000117. The van der Waals surface area contributed by atoms with Crippen LogP contribution in [0.3, 0.4) is 0 Å². The molecule has 1 atom stereocenters. The molecular weight excluding hydrogens is 1630 g/mol. The molecule has 1 unspecified atom stereocenters. The van der Waals surface area contributed by atoms with E-state index in [1.807, 2.05) is 84.4 Å². The van der Waals surface area contributed by atoms with Crippen LogP contribution in [0.15, 0.2) is 235 Å². The highest BCUT2D eigenvalue weighted by atomic mass is 16.4. The summed E-state index contributed by atoms with van der Waals surface area (Å²) in [4.78, 5) is 23.1. The van der Waals surface area contributed by atoms with Crippen molar-refractivity contribution in [3.63, 3.8) is 0 Å². The maximum atomic E-state index is 9.00. The topological polar surface area (TPSA) is 150 Å². The summed E-state index contributed by atoms with van der Waals surface area (Å²) in [7, 11) is 10.3. The van der Waals surface area contributed by atoms with Gasteiger partial charge in [0.05, 0.1) is 27.8 Å². The summed E-state index contributed by atoms with van der Waals surface area (Å²) >= 11 is 0. The number of rotatable bonds is 14. The zero-order valence-corrected chi connectivity index (χ0v) is 79.7. The van der Waals surface area contributed by atoms with E-state index in [2.05, 4.69) is 296 Å². The summed E-state index contributed by atoms with van der Waals surface area (Å²) in [5.74, 6) is -4.21. The number of aromatic nitrogens is 10. The van der Waals surface area contributed by atoms with Crippen LogP contribution in [0.1, 0.15) is 227 Å². The highest BCUT2D eigenvalue weighted by molar-refractivity contribution is 6.13. The zero-order valence-electron chi connectivity index (χ0n) is 88.7. The van der Waals surface area contributed by atoms with E-state index < -0.39 is 36.8 Å². The Morgan fingerprint density at radius 1 is 0.311 bits per heavy atom. The third-order valence-electron chi connectivity index (χ3n) is 26.5. The smallest absolute Gasteiger partial charge is 0.227 e. The van der Waals surface area contributed by atoms with E-state index in [1.165, 1.54) is 55.9 Å². The first-order valence-electron chi connectivity index (χ1n) is 51.3. The molecule has 15 heteroatoms. The summed E-state index contributed by atoms with van der Waals surface area (Å²) in [6.07, 6.45) is 12.9. The number of nitrogens with zero attached hydrogens (tertiary/aromatic N) is 10. The Labute approximate surface area is 787 Å². The quantitative estimate of drug-likeness (QED) is 0.0963. The second-order valence-corrected chi connectivity index (χ2v) is 35.7. The van der Waals surface area contributed by atoms with Crippen molar-refractivity contribution in [3.8, 4) is 56.3 Å².